The first kappa shape index (κ1) is 17.0. The van der Waals surface area contributed by atoms with E-state index < -0.39 is 35.8 Å². The van der Waals surface area contributed by atoms with Gasteiger partial charge in [-0.05, 0) is 46.4 Å². The highest BCUT2D eigenvalue weighted by Gasteiger charge is 2.59. The van der Waals surface area contributed by atoms with Crippen molar-refractivity contribution < 1.29 is 33.3 Å². The molecular weight excluding hydrogens is 324 g/mol. The molecule has 0 aromatic rings. The van der Waals surface area contributed by atoms with Crippen molar-refractivity contribution in [1.82, 2.24) is 0 Å². The molecule has 0 amide bonds. The Labute approximate surface area is 139 Å². The van der Waals surface area contributed by atoms with Gasteiger partial charge in [0.1, 0.15) is 12.7 Å². The van der Waals surface area contributed by atoms with Gasteiger partial charge in [-0.3, -0.25) is 4.79 Å². The molecule has 0 unspecified atom stereocenters. The Hall–Kier alpha value is -0.830. The fourth-order valence-corrected chi connectivity index (χ4v) is 3.61. The van der Waals surface area contributed by atoms with Gasteiger partial charge in [-0.25, -0.2) is 4.79 Å². The standard InChI is InChI=1S/C15H22O7S/c1-14(2,3)12(16)20-9-8(7-6-18-13(17)23-7)19-11-10(9)21-15(4,5)22-11/h7-11H,6H2,1-5H3/t7-,8-,9+,10-,11-/m1/s1. The van der Waals surface area contributed by atoms with Crippen LogP contribution in [0.5, 0.6) is 0 Å². The molecule has 0 N–H and O–H groups in total. The van der Waals surface area contributed by atoms with Crippen molar-refractivity contribution in [3.63, 3.8) is 0 Å². The molecule has 23 heavy (non-hydrogen) atoms. The highest BCUT2D eigenvalue weighted by atomic mass is 32.2. The molecule has 3 saturated heterocycles. The maximum Gasteiger partial charge on any atom is 0.367 e. The monoisotopic (exact) mass is 346 g/mol. The summed E-state index contributed by atoms with van der Waals surface area (Å²) in [7, 11) is 0. The van der Waals surface area contributed by atoms with Gasteiger partial charge < -0.3 is 23.7 Å². The summed E-state index contributed by atoms with van der Waals surface area (Å²) >= 11 is 1.05. The van der Waals surface area contributed by atoms with Gasteiger partial charge in [0.2, 0.25) is 0 Å². The molecule has 3 aliphatic heterocycles. The Morgan fingerprint density at radius 1 is 1.26 bits per heavy atom. The first-order valence-corrected chi connectivity index (χ1v) is 8.50. The Morgan fingerprint density at radius 3 is 2.52 bits per heavy atom. The summed E-state index contributed by atoms with van der Waals surface area (Å²) < 4.78 is 28.2. The second-order valence-corrected chi connectivity index (χ2v) is 8.58. The van der Waals surface area contributed by atoms with Crippen LogP contribution in [0.15, 0.2) is 0 Å². The van der Waals surface area contributed by atoms with Crippen LogP contribution in [0.4, 0.5) is 4.79 Å². The molecule has 7 nitrogen and oxygen atoms in total. The van der Waals surface area contributed by atoms with E-state index in [2.05, 4.69) is 0 Å². The zero-order chi connectivity index (χ0) is 17.0. The Morgan fingerprint density at radius 2 is 1.96 bits per heavy atom. The van der Waals surface area contributed by atoms with Crippen LogP contribution < -0.4 is 0 Å². The summed E-state index contributed by atoms with van der Waals surface area (Å²) in [4.78, 5) is 23.7. The van der Waals surface area contributed by atoms with E-state index in [1.54, 1.807) is 34.6 Å². The van der Waals surface area contributed by atoms with Crippen LogP contribution in [-0.4, -0.2) is 53.5 Å². The number of carbonyl (C=O) groups excluding carboxylic acids is 2. The van der Waals surface area contributed by atoms with Gasteiger partial charge >= 0.3 is 11.3 Å². The lowest BCUT2D eigenvalue weighted by molar-refractivity contribution is -0.220. The quantitative estimate of drug-likeness (QED) is 0.703. The van der Waals surface area contributed by atoms with Crippen LogP contribution in [-0.2, 0) is 28.5 Å². The van der Waals surface area contributed by atoms with Crippen molar-refractivity contribution in [2.45, 2.75) is 70.3 Å². The fourth-order valence-electron chi connectivity index (χ4n) is 2.74. The third-order valence-corrected chi connectivity index (χ3v) is 4.88. The third kappa shape index (κ3) is 3.35. The molecule has 8 heteroatoms. The van der Waals surface area contributed by atoms with Crippen LogP contribution in [0.1, 0.15) is 34.6 Å². The van der Waals surface area contributed by atoms with E-state index in [4.69, 9.17) is 23.7 Å². The van der Waals surface area contributed by atoms with Crippen LogP contribution in [0.25, 0.3) is 0 Å². The average Bonchev–Trinajstić information content (AvgIpc) is 3.02. The smallest absolute Gasteiger partial charge is 0.367 e. The normalized spacial score (nSPS) is 39.2. The van der Waals surface area contributed by atoms with Gasteiger partial charge in [-0.15, -0.1) is 0 Å². The average molecular weight is 346 g/mol. The van der Waals surface area contributed by atoms with Gasteiger partial charge in [-0.1, -0.05) is 0 Å². The predicted molar refractivity (Wildman–Crippen MR) is 80.8 cm³/mol. The number of fused-ring (bicyclic) bond motifs is 1. The largest absolute Gasteiger partial charge is 0.456 e. The lowest BCUT2D eigenvalue weighted by Crippen LogP contribution is -2.44. The van der Waals surface area contributed by atoms with Crippen molar-refractivity contribution in [3.05, 3.63) is 0 Å². The Bertz CT molecular complexity index is 512. The van der Waals surface area contributed by atoms with Crippen molar-refractivity contribution >= 4 is 23.0 Å². The Balaban J connectivity index is 1.79. The predicted octanol–water partition coefficient (Wildman–Crippen LogP) is 2.07. The topological polar surface area (TPSA) is 80.3 Å². The Kier molecular flexibility index (Phi) is 4.15. The summed E-state index contributed by atoms with van der Waals surface area (Å²) in [6.07, 6.45) is -2.29. The summed E-state index contributed by atoms with van der Waals surface area (Å²) in [5, 5.41) is -0.597. The highest BCUT2D eigenvalue weighted by Crippen LogP contribution is 2.43. The van der Waals surface area contributed by atoms with Gasteiger partial charge in [-0.2, -0.15) is 0 Å². The molecule has 0 radical (unpaired) electrons. The van der Waals surface area contributed by atoms with Crippen LogP contribution in [0.3, 0.4) is 0 Å². The number of esters is 1. The number of carbonyl (C=O) groups is 2. The van der Waals surface area contributed by atoms with Crippen molar-refractivity contribution in [1.29, 1.82) is 0 Å². The van der Waals surface area contributed by atoms with E-state index in [0.29, 0.717) is 0 Å². The lowest BCUT2D eigenvalue weighted by atomic mass is 9.97. The van der Waals surface area contributed by atoms with Gasteiger partial charge in [0.25, 0.3) is 0 Å². The SMILES string of the molecule is CC1(C)O[C@H]2O[C@H]([C@H]3COC(=O)S3)[C@H](OC(=O)C(C)(C)C)[C@H]2O1. The number of hydrogen-bond donors (Lipinski definition) is 0. The molecule has 130 valence electrons. The minimum atomic E-state index is -0.804. The maximum atomic E-state index is 12.3. The van der Waals surface area contributed by atoms with Crippen molar-refractivity contribution in [3.8, 4) is 0 Å². The van der Waals surface area contributed by atoms with Crippen LogP contribution in [0.2, 0.25) is 0 Å². The number of cyclic esters (lactones) is 1. The second kappa shape index (κ2) is 5.61. The molecule has 3 fully saturated rings. The molecule has 3 rings (SSSR count). The summed E-state index contributed by atoms with van der Waals surface area (Å²) in [6.45, 7) is 9.13. The van der Waals surface area contributed by atoms with E-state index in [1.807, 2.05) is 0 Å². The van der Waals surface area contributed by atoms with E-state index in [-0.39, 0.29) is 23.1 Å². The molecule has 3 aliphatic rings. The van der Waals surface area contributed by atoms with Crippen molar-refractivity contribution in [2.24, 2.45) is 5.41 Å². The molecule has 0 bridgehead atoms. The molecule has 3 heterocycles. The highest BCUT2D eigenvalue weighted by molar-refractivity contribution is 8.14. The molecule has 0 spiro atoms. The van der Waals surface area contributed by atoms with E-state index in [9.17, 15) is 9.59 Å². The first-order valence-electron chi connectivity index (χ1n) is 7.62. The summed E-state index contributed by atoms with van der Waals surface area (Å²) in [6, 6.07) is 0. The molecule has 0 aromatic carbocycles. The number of thioether (sulfide) groups is 1. The van der Waals surface area contributed by atoms with Gasteiger partial charge in [0, 0.05) is 0 Å². The summed E-state index contributed by atoms with van der Waals surface area (Å²) in [5.41, 5.74) is -0.646. The number of rotatable bonds is 2. The minimum Gasteiger partial charge on any atom is -0.456 e. The lowest BCUT2D eigenvalue weighted by Gasteiger charge is -2.29. The molecular formula is C15H22O7S. The van der Waals surface area contributed by atoms with E-state index >= 15 is 0 Å². The molecule has 5 atom stereocenters. The van der Waals surface area contributed by atoms with Gasteiger partial charge in [0.05, 0.1) is 10.7 Å². The maximum absolute atomic E-state index is 12.3. The third-order valence-electron chi connectivity index (χ3n) is 3.86. The van der Waals surface area contributed by atoms with E-state index in [0.717, 1.165) is 11.8 Å². The zero-order valence-electron chi connectivity index (χ0n) is 13.9. The minimum absolute atomic E-state index is 0.223. The second-order valence-electron chi connectivity index (χ2n) is 7.41. The molecule has 0 aromatic heterocycles. The first-order chi connectivity index (χ1) is 10.6. The summed E-state index contributed by atoms with van der Waals surface area (Å²) in [5.74, 6) is -1.15. The van der Waals surface area contributed by atoms with Crippen LogP contribution in [0, 0.1) is 5.41 Å². The molecule has 0 saturated carbocycles. The van der Waals surface area contributed by atoms with Crippen LogP contribution >= 0.6 is 11.8 Å². The zero-order valence-corrected chi connectivity index (χ0v) is 14.7. The van der Waals surface area contributed by atoms with Gasteiger partial charge in [0.15, 0.2) is 24.3 Å². The number of ether oxygens (including phenoxy) is 5. The number of hydrogen-bond acceptors (Lipinski definition) is 8. The van der Waals surface area contributed by atoms with Crippen molar-refractivity contribution in [2.75, 3.05) is 6.61 Å². The fraction of sp³-hybridized carbons (Fsp3) is 0.867. The molecule has 0 aliphatic carbocycles. The van der Waals surface area contributed by atoms with E-state index in [1.165, 1.54) is 0 Å².